The fraction of sp³-hybridized carbons (Fsp3) is 0.0667. The molecule has 3 rings (SSSR count). The van der Waals surface area contributed by atoms with Crippen molar-refractivity contribution in [3.63, 3.8) is 0 Å². The number of nitrogen functional groups attached to an aromatic ring is 1. The minimum Gasteiger partial charge on any atom is -0.399 e. The molecule has 3 aromatic rings. The van der Waals surface area contributed by atoms with Crippen molar-refractivity contribution in [1.29, 1.82) is 0 Å². The van der Waals surface area contributed by atoms with Crippen molar-refractivity contribution in [1.82, 2.24) is 10.2 Å². The van der Waals surface area contributed by atoms with Crippen molar-refractivity contribution in [2.75, 3.05) is 5.73 Å². The van der Waals surface area contributed by atoms with Crippen LogP contribution < -0.4 is 5.73 Å². The molecule has 1 aromatic heterocycles. The third-order valence-corrected chi connectivity index (χ3v) is 3.00. The average molecular weight is 235 g/mol. The van der Waals surface area contributed by atoms with E-state index in [2.05, 4.69) is 22.3 Å². The van der Waals surface area contributed by atoms with Crippen LogP contribution in [0.3, 0.4) is 0 Å². The van der Waals surface area contributed by atoms with Crippen molar-refractivity contribution < 1.29 is 0 Å². The standard InChI is InChI=1S/C15H13N3/c16-13-7-5-11(6-8-13)9-15-14-4-2-1-3-12(14)10-17-18-15/h1-8,10H,9,16H2. The minimum absolute atomic E-state index is 0.772. The number of anilines is 1. The lowest BCUT2D eigenvalue weighted by molar-refractivity contribution is 0.958. The molecular formula is C15H13N3. The summed E-state index contributed by atoms with van der Waals surface area (Å²) < 4.78 is 0. The molecule has 3 heteroatoms. The van der Waals surface area contributed by atoms with Gasteiger partial charge in [0.05, 0.1) is 11.9 Å². The van der Waals surface area contributed by atoms with Gasteiger partial charge in [0.2, 0.25) is 0 Å². The van der Waals surface area contributed by atoms with E-state index in [4.69, 9.17) is 5.73 Å². The molecule has 0 atom stereocenters. The molecule has 2 N–H and O–H groups in total. The van der Waals surface area contributed by atoms with Crippen molar-refractivity contribution in [2.24, 2.45) is 0 Å². The predicted octanol–water partition coefficient (Wildman–Crippen LogP) is 2.80. The Morgan fingerprint density at radius 2 is 1.72 bits per heavy atom. The van der Waals surface area contributed by atoms with Crippen LogP contribution in [0, 0.1) is 0 Å². The molecule has 0 saturated heterocycles. The average Bonchev–Trinajstić information content (AvgIpc) is 2.42. The molecule has 88 valence electrons. The number of fused-ring (bicyclic) bond motifs is 1. The fourth-order valence-corrected chi connectivity index (χ4v) is 2.05. The van der Waals surface area contributed by atoms with Crippen LogP contribution in [0.2, 0.25) is 0 Å². The minimum atomic E-state index is 0.772. The molecule has 0 spiro atoms. The second-order valence-electron chi connectivity index (χ2n) is 4.30. The highest BCUT2D eigenvalue weighted by Crippen LogP contribution is 2.18. The second kappa shape index (κ2) is 4.45. The molecule has 3 nitrogen and oxygen atoms in total. The summed E-state index contributed by atoms with van der Waals surface area (Å²) in [6.07, 6.45) is 2.57. The zero-order valence-corrected chi connectivity index (χ0v) is 9.88. The van der Waals surface area contributed by atoms with Crippen LogP contribution in [-0.4, -0.2) is 10.2 Å². The van der Waals surface area contributed by atoms with Gasteiger partial charge < -0.3 is 5.73 Å². The Hall–Kier alpha value is -2.42. The third-order valence-electron chi connectivity index (χ3n) is 3.00. The summed E-state index contributed by atoms with van der Waals surface area (Å²) in [7, 11) is 0. The highest BCUT2D eigenvalue weighted by molar-refractivity contribution is 5.83. The predicted molar refractivity (Wildman–Crippen MR) is 73.2 cm³/mol. The Balaban J connectivity index is 2.02. The summed E-state index contributed by atoms with van der Waals surface area (Å²) in [4.78, 5) is 0. The summed E-state index contributed by atoms with van der Waals surface area (Å²) >= 11 is 0. The number of benzene rings is 2. The molecule has 0 unspecified atom stereocenters. The van der Waals surface area contributed by atoms with E-state index in [1.807, 2.05) is 36.4 Å². The first kappa shape index (κ1) is 10.7. The van der Waals surface area contributed by atoms with Crippen molar-refractivity contribution >= 4 is 16.5 Å². The quantitative estimate of drug-likeness (QED) is 0.695. The SMILES string of the molecule is Nc1ccc(Cc2nncc3ccccc23)cc1. The van der Waals surface area contributed by atoms with Gasteiger partial charge in [0.1, 0.15) is 0 Å². The maximum Gasteiger partial charge on any atom is 0.0753 e. The lowest BCUT2D eigenvalue weighted by Gasteiger charge is -2.05. The molecule has 1 heterocycles. The van der Waals surface area contributed by atoms with E-state index in [-0.39, 0.29) is 0 Å². The molecule has 0 aliphatic rings. The zero-order chi connectivity index (χ0) is 12.4. The Labute approximate surface area is 105 Å². The van der Waals surface area contributed by atoms with Crippen molar-refractivity contribution in [3.8, 4) is 0 Å². The monoisotopic (exact) mass is 235 g/mol. The highest BCUT2D eigenvalue weighted by atomic mass is 15.1. The van der Waals surface area contributed by atoms with Gasteiger partial charge in [-0.15, -0.1) is 0 Å². The normalized spacial score (nSPS) is 10.7. The highest BCUT2D eigenvalue weighted by Gasteiger charge is 2.04. The third kappa shape index (κ3) is 2.02. The zero-order valence-electron chi connectivity index (χ0n) is 9.88. The topological polar surface area (TPSA) is 51.8 Å². The molecule has 0 saturated carbocycles. The lowest BCUT2D eigenvalue weighted by atomic mass is 10.0. The molecule has 0 aliphatic carbocycles. The number of aromatic nitrogens is 2. The number of hydrogen-bond acceptors (Lipinski definition) is 3. The summed E-state index contributed by atoms with van der Waals surface area (Å²) in [6.45, 7) is 0. The van der Waals surface area contributed by atoms with Gasteiger partial charge in [-0.05, 0) is 17.7 Å². The van der Waals surface area contributed by atoms with Gasteiger partial charge in [-0.2, -0.15) is 10.2 Å². The molecular weight excluding hydrogens is 222 g/mol. The van der Waals surface area contributed by atoms with Crippen LogP contribution in [0.1, 0.15) is 11.3 Å². The molecule has 0 fully saturated rings. The van der Waals surface area contributed by atoms with Crippen LogP contribution in [0.4, 0.5) is 5.69 Å². The van der Waals surface area contributed by atoms with E-state index in [1.165, 1.54) is 5.56 Å². The van der Waals surface area contributed by atoms with Gasteiger partial charge in [-0.25, -0.2) is 0 Å². The molecule has 2 aromatic carbocycles. The molecule has 0 aliphatic heterocycles. The molecule has 18 heavy (non-hydrogen) atoms. The second-order valence-corrected chi connectivity index (χ2v) is 4.30. The molecule has 0 bridgehead atoms. The summed E-state index contributed by atoms with van der Waals surface area (Å²) in [6, 6.07) is 16.0. The molecule has 0 radical (unpaired) electrons. The van der Waals surface area contributed by atoms with Crippen LogP contribution >= 0.6 is 0 Å². The fourth-order valence-electron chi connectivity index (χ4n) is 2.05. The smallest absolute Gasteiger partial charge is 0.0753 e. The van der Waals surface area contributed by atoms with E-state index in [0.29, 0.717) is 0 Å². The van der Waals surface area contributed by atoms with Crippen LogP contribution in [-0.2, 0) is 6.42 Å². The maximum atomic E-state index is 5.68. The lowest BCUT2D eigenvalue weighted by Crippen LogP contribution is -1.96. The summed E-state index contributed by atoms with van der Waals surface area (Å²) in [5, 5.41) is 10.6. The first-order chi connectivity index (χ1) is 8.83. The van der Waals surface area contributed by atoms with Gasteiger partial charge in [0.15, 0.2) is 0 Å². The van der Waals surface area contributed by atoms with E-state index < -0.39 is 0 Å². The largest absolute Gasteiger partial charge is 0.399 e. The first-order valence-corrected chi connectivity index (χ1v) is 5.86. The van der Waals surface area contributed by atoms with Gasteiger partial charge in [0, 0.05) is 22.9 Å². The van der Waals surface area contributed by atoms with Crippen molar-refractivity contribution in [2.45, 2.75) is 6.42 Å². The van der Waals surface area contributed by atoms with Crippen molar-refractivity contribution in [3.05, 3.63) is 66.0 Å². The van der Waals surface area contributed by atoms with E-state index >= 15 is 0 Å². The first-order valence-electron chi connectivity index (χ1n) is 5.86. The summed E-state index contributed by atoms with van der Waals surface area (Å²) in [5.74, 6) is 0. The number of nitrogens with two attached hydrogens (primary N) is 1. The number of rotatable bonds is 2. The Bertz CT molecular complexity index is 669. The van der Waals surface area contributed by atoms with Crippen LogP contribution in [0.15, 0.2) is 54.7 Å². The van der Waals surface area contributed by atoms with Gasteiger partial charge in [-0.3, -0.25) is 0 Å². The van der Waals surface area contributed by atoms with E-state index in [9.17, 15) is 0 Å². The van der Waals surface area contributed by atoms with Crippen LogP contribution in [0.25, 0.3) is 10.8 Å². The van der Waals surface area contributed by atoms with Gasteiger partial charge in [-0.1, -0.05) is 36.4 Å². The van der Waals surface area contributed by atoms with Crippen LogP contribution in [0.5, 0.6) is 0 Å². The van der Waals surface area contributed by atoms with E-state index in [1.54, 1.807) is 6.20 Å². The number of nitrogens with zero attached hydrogens (tertiary/aromatic N) is 2. The number of hydrogen-bond donors (Lipinski definition) is 1. The Kier molecular flexibility index (Phi) is 2.65. The summed E-state index contributed by atoms with van der Waals surface area (Å²) in [5.41, 5.74) is 8.65. The van der Waals surface area contributed by atoms with Gasteiger partial charge >= 0.3 is 0 Å². The Morgan fingerprint density at radius 1 is 0.944 bits per heavy atom. The maximum absolute atomic E-state index is 5.68. The van der Waals surface area contributed by atoms with E-state index in [0.717, 1.165) is 28.6 Å². The Morgan fingerprint density at radius 3 is 2.56 bits per heavy atom. The van der Waals surface area contributed by atoms with Gasteiger partial charge in [0.25, 0.3) is 0 Å². The molecule has 0 amide bonds.